The Bertz CT molecular complexity index is 826. The van der Waals surface area contributed by atoms with E-state index in [0.717, 1.165) is 4.88 Å². The molecule has 0 aliphatic carbocycles. The van der Waals surface area contributed by atoms with Gasteiger partial charge in [-0.15, -0.1) is 22.7 Å². The molecule has 7 heteroatoms. The zero-order valence-corrected chi connectivity index (χ0v) is 14.7. The summed E-state index contributed by atoms with van der Waals surface area (Å²) in [5.41, 5.74) is 0.699. The highest BCUT2D eigenvalue weighted by atomic mass is 32.1. The fourth-order valence-electron chi connectivity index (χ4n) is 2.13. The molecule has 3 aromatic heterocycles. The van der Waals surface area contributed by atoms with Crippen LogP contribution in [0.5, 0.6) is 0 Å². The number of aryl methyl sites for hydroxylation is 2. The molecule has 118 valence electrons. The van der Waals surface area contributed by atoms with Gasteiger partial charge in [-0.25, -0.2) is 15.0 Å². The topological polar surface area (TPSA) is 67.8 Å². The minimum absolute atomic E-state index is 0.0286. The highest BCUT2D eigenvalue weighted by Crippen LogP contribution is 2.27. The summed E-state index contributed by atoms with van der Waals surface area (Å²) >= 11 is 3.01. The Kier molecular flexibility index (Phi) is 4.49. The van der Waals surface area contributed by atoms with Crippen LogP contribution >= 0.6 is 22.7 Å². The van der Waals surface area contributed by atoms with Gasteiger partial charge in [-0.1, -0.05) is 0 Å². The van der Waals surface area contributed by atoms with Gasteiger partial charge < -0.3 is 5.32 Å². The molecule has 1 amide bonds. The van der Waals surface area contributed by atoms with Gasteiger partial charge in [0.15, 0.2) is 10.8 Å². The molecule has 0 aliphatic heterocycles. The summed E-state index contributed by atoms with van der Waals surface area (Å²) in [6.45, 7) is 5.88. The van der Waals surface area contributed by atoms with Gasteiger partial charge in [0.2, 0.25) is 0 Å². The van der Waals surface area contributed by atoms with Gasteiger partial charge in [-0.05, 0) is 39.0 Å². The van der Waals surface area contributed by atoms with Crippen LogP contribution in [0.2, 0.25) is 0 Å². The van der Waals surface area contributed by atoms with Crippen LogP contribution in [-0.4, -0.2) is 20.9 Å². The lowest BCUT2D eigenvalue weighted by molar-refractivity contribution is 0.0944. The first-order valence-corrected chi connectivity index (χ1v) is 8.80. The lowest BCUT2D eigenvalue weighted by Gasteiger charge is -2.11. The van der Waals surface area contributed by atoms with Crippen molar-refractivity contribution >= 4 is 28.6 Å². The summed E-state index contributed by atoms with van der Waals surface area (Å²) in [6, 6.07) is 5.83. The number of nitrogens with zero attached hydrogens (tertiary/aromatic N) is 3. The third-order valence-electron chi connectivity index (χ3n) is 3.30. The van der Waals surface area contributed by atoms with Crippen molar-refractivity contribution in [2.24, 2.45) is 0 Å². The van der Waals surface area contributed by atoms with E-state index in [-0.39, 0.29) is 11.9 Å². The molecule has 3 heterocycles. The second-order valence-electron chi connectivity index (χ2n) is 5.15. The average Bonchev–Trinajstić information content (AvgIpc) is 3.14. The van der Waals surface area contributed by atoms with Crippen molar-refractivity contribution in [2.45, 2.75) is 26.8 Å². The maximum absolute atomic E-state index is 12.5. The summed E-state index contributed by atoms with van der Waals surface area (Å²) in [4.78, 5) is 28.3. The molecule has 1 atom stereocenters. The summed E-state index contributed by atoms with van der Waals surface area (Å²) in [5.74, 6) is 0.433. The van der Waals surface area contributed by atoms with E-state index in [1.165, 1.54) is 16.2 Å². The van der Waals surface area contributed by atoms with Crippen molar-refractivity contribution in [3.8, 4) is 10.8 Å². The number of carbonyl (C=O) groups is 1. The number of thiazole rings is 1. The molecule has 0 saturated heterocycles. The van der Waals surface area contributed by atoms with Gasteiger partial charge in [-0.2, -0.15) is 0 Å². The number of hydrogen-bond acceptors (Lipinski definition) is 6. The zero-order valence-electron chi connectivity index (χ0n) is 13.0. The van der Waals surface area contributed by atoms with Gasteiger partial charge in [0.05, 0.1) is 11.7 Å². The van der Waals surface area contributed by atoms with Crippen LogP contribution in [0.25, 0.3) is 10.8 Å². The van der Waals surface area contributed by atoms with Crippen LogP contribution in [0.3, 0.4) is 0 Å². The van der Waals surface area contributed by atoms with Crippen molar-refractivity contribution < 1.29 is 4.79 Å². The fourth-order valence-corrected chi connectivity index (χ4v) is 3.93. The standard InChI is InChI=1S/C16H16N4OS2/c1-9-5-6-12(22-9)10(2)19-15(21)13-11(3)20-16(23-13)14-17-7-4-8-18-14/h4-8,10H,1-3H3,(H,19,21)/t10-/m0/s1. The maximum atomic E-state index is 12.5. The molecule has 5 nitrogen and oxygen atoms in total. The van der Waals surface area contributed by atoms with Gasteiger partial charge in [0, 0.05) is 22.1 Å². The molecule has 1 N–H and O–H groups in total. The molecule has 0 fully saturated rings. The van der Waals surface area contributed by atoms with Crippen LogP contribution in [-0.2, 0) is 0 Å². The number of carbonyl (C=O) groups excluding carboxylic acids is 1. The smallest absolute Gasteiger partial charge is 0.263 e. The molecule has 3 rings (SSSR count). The second-order valence-corrected chi connectivity index (χ2v) is 7.47. The largest absolute Gasteiger partial charge is 0.344 e. The first kappa shape index (κ1) is 15.8. The van der Waals surface area contributed by atoms with Crippen molar-refractivity contribution in [2.75, 3.05) is 0 Å². The summed E-state index contributed by atoms with van der Waals surface area (Å²) < 4.78 is 0. The fraction of sp³-hybridized carbons (Fsp3) is 0.250. The SMILES string of the molecule is Cc1ccc([C@H](C)NC(=O)c2sc(-c3ncccn3)nc2C)s1. The monoisotopic (exact) mass is 344 g/mol. The van der Waals surface area contributed by atoms with Gasteiger partial charge in [-0.3, -0.25) is 4.79 Å². The highest BCUT2D eigenvalue weighted by molar-refractivity contribution is 7.17. The van der Waals surface area contributed by atoms with Crippen LogP contribution < -0.4 is 5.32 Å². The number of nitrogens with one attached hydrogen (secondary N) is 1. The zero-order chi connectivity index (χ0) is 16.4. The lowest BCUT2D eigenvalue weighted by atomic mass is 10.2. The molecule has 0 spiro atoms. The maximum Gasteiger partial charge on any atom is 0.263 e. The number of aromatic nitrogens is 3. The first-order valence-electron chi connectivity index (χ1n) is 7.16. The molecule has 0 aliphatic rings. The Balaban J connectivity index is 1.79. The first-order chi connectivity index (χ1) is 11.0. The molecule has 0 aromatic carbocycles. The lowest BCUT2D eigenvalue weighted by Crippen LogP contribution is -2.25. The minimum atomic E-state index is -0.110. The Morgan fingerprint density at radius 1 is 1.17 bits per heavy atom. The Morgan fingerprint density at radius 2 is 1.91 bits per heavy atom. The van der Waals surface area contributed by atoms with Gasteiger partial charge in [0.1, 0.15) is 4.88 Å². The third kappa shape index (κ3) is 3.46. The quantitative estimate of drug-likeness (QED) is 0.782. The number of amides is 1. The van der Waals surface area contributed by atoms with Crippen LogP contribution in [0.15, 0.2) is 30.6 Å². The Hall–Kier alpha value is -2.12. The van der Waals surface area contributed by atoms with Crippen LogP contribution in [0, 0.1) is 13.8 Å². The predicted octanol–water partition coefficient (Wildman–Crippen LogP) is 3.77. The molecule has 0 unspecified atom stereocenters. The normalized spacial score (nSPS) is 12.1. The van der Waals surface area contributed by atoms with Gasteiger partial charge in [0.25, 0.3) is 5.91 Å². The molecule has 0 bridgehead atoms. The number of hydrogen-bond donors (Lipinski definition) is 1. The second kappa shape index (κ2) is 6.55. The Labute approximate surface area is 142 Å². The molecule has 0 saturated carbocycles. The van der Waals surface area contributed by atoms with Crippen molar-refractivity contribution in [3.05, 3.63) is 50.9 Å². The number of rotatable bonds is 4. The predicted molar refractivity (Wildman–Crippen MR) is 92.8 cm³/mol. The van der Waals surface area contributed by atoms with E-state index in [1.807, 2.05) is 19.9 Å². The van der Waals surface area contributed by atoms with E-state index in [9.17, 15) is 4.79 Å². The molecule has 3 aromatic rings. The highest BCUT2D eigenvalue weighted by Gasteiger charge is 2.19. The van der Waals surface area contributed by atoms with Crippen LogP contribution in [0.4, 0.5) is 0 Å². The van der Waals surface area contributed by atoms with Crippen molar-refractivity contribution in [1.29, 1.82) is 0 Å². The Morgan fingerprint density at radius 3 is 2.57 bits per heavy atom. The van der Waals surface area contributed by atoms with Crippen molar-refractivity contribution in [1.82, 2.24) is 20.3 Å². The van der Waals surface area contributed by atoms with Crippen LogP contribution in [0.1, 0.15) is 38.1 Å². The molecular weight excluding hydrogens is 328 g/mol. The van der Waals surface area contributed by atoms with Gasteiger partial charge >= 0.3 is 0 Å². The van der Waals surface area contributed by atoms with E-state index in [1.54, 1.807) is 29.8 Å². The van der Waals surface area contributed by atoms with E-state index in [4.69, 9.17) is 0 Å². The van der Waals surface area contributed by atoms with E-state index in [2.05, 4.69) is 33.3 Å². The molecule has 23 heavy (non-hydrogen) atoms. The van der Waals surface area contributed by atoms with E-state index in [0.29, 0.717) is 21.4 Å². The molecular formula is C16H16N4OS2. The summed E-state index contributed by atoms with van der Waals surface area (Å²) in [7, 11) is 0. The number of thiophene rings is 1. The average molecular weight is 344 g/mol. The summed E-state index contributed by atoms with van der Waals surface area (Å²) in [5, 5.41) is 3.69. The minimum Gasteiger partial charge on any atom is -0.344 e. The van der Waals surface area contributed by atoms with E-state index >= 15 is 0 Å². The van der Waals surface area contributed by atoms with E-state index < -0.39 is 0 Å². The summed E-state index contributed by atoms with van der Waals surface area (Å²) in [6.07, 6.45) is 3.33. The van der Waals surface area contributed by atoms with Crippen molar-refractivity contribution in [3.63, 3.8) is 0 Å². The molecule has 0 radical (unpaired) electrons. The third-order valence-corrected chi connectivity index (χ3v) is 5.63.